The second kappa shape index (κ2) is 6.95. The van der Waals surface area contributed by atoms with Gasteiger partial charge < -0.3 is 9.47 Å². The number of pyridine rings is 1. The molecule has 0 saturated carbocycles. The number of aromatic nitrogens is 1. The molecule has 2 aliphatic heterocycles. The summed E-state index contributed by atoms with van der Waals surface area (Å²) in [6.45, 7) is 0. The Hall–Kier alpha value is -2.86. The Balaban J connectivity index is 1.60. The molecule has 2 atom stereocenters. The van der Waals surface area contributed by atoms with E-state index in [-0.39, 0.29) is 12.3 Å². The summed E-state index contributed by atoms with van der Waals surface area (Å²) in [5.74, 6) is 1.73. The number of hydrogen-bond donors (Lipinski definition) is 0. The van der Waals surface area contributed by atoms with Gasteiger partial charge in [0.2, 0.25) is 6.23 Å². The molecule has 140 valence electrons. The highest BCUT2D eigenvalue weighted by atomic mass is 79.9. The highest BCUT2D eigenvalue weighted by molar-refractivity contribution is 9.10. The van der Waals surface area contributed by atoms with Gasteiger partial charge in [-0.05, 0) is 42.5 Å². The number of nitrogens with zero attached hydrogens (tertiary/aromatic N) is 3. The van der Waals surface area contributed by atoms with Crippen LogP contribution in [0.15, 0.2) is 76.6 Å². The number of fused-ring (bicyclic) bond motifs is 3. The first-order valence-electron chi connectivity index (χ1n) is 9.09. The molecule has 0 N–H and O–H groups in total. The molecule has 0 spiro atoms. The van der Waals surface area contributed by atoms with Crippen molar-refractivity contribution in [2.45, 2.75) is 18.7 Å². The van der Waals surface area contributed by atoms with Gasteiger partial charge in [-0.15, -0.1) is 0 Å². The molecule has 5 rings (SSSR count). The molecular formula is C22H18BrN3O2. The Kier molecular flexibility index (Phi) is 4.28. The van der Waals surface area contributed by atoms with E-state index in [1.807, 2.05) is 42.5 Å². The van der Waals surface area contributed by atoms with Crippen LogP contribution in [0.5, 0.6) is 11.5 Å². The molecule has 0 aliphatic carbocycles. The number of ether oxygens (including phenoxy) is 2. The molecule has 6 heteroatoms. The van der Waals surface area contributed by atoms with Crippen LogP contribution in [0.25, 0.3) is 0 Å². The van der Waals surface area contributed by atoms with Crippen molar-refractivity contribution in [3.63, 3.8) is 0 Å². The largest absolute Gasteiger partial charge is 0.497 e. The molecule has 2 aromatic carbocycles. The summed E-state index contributed by atoms with van der Waals surface area (Å²) < 4.78 is 12.8. The highest BCUT2D eigenvalue weighted by Gasteiger charge is 2.41. The summed E-state index contributed by atoms with van der Waals surface area (Å²) in [4.78, 5) is 4.13. The fraction of sp³-hybridized carbons (Fsp3) is 0.182. The average Bonchev–Trinajstić information content (AvgIpc) is 3.20. The molecule has 5 nitrogen and oxygen atoms in total. The molecule has 28 heavy (non-hydrogen) atoms. The van der Waals surface area contributed by atoms with Crippen LogP contribution in [0, 0.1) is 0 Å². The number of benzene rings is 2. The van der Waals surface area contributed by atoms with E-state index in [0.29, 0.717) is 0 Å². The Morgan fingerprint density at radius 1 is 1.11 bits per heavy atom. The second-order valence-electron chi connectivity index (χ2n) is 6.81. The van der Waals surface area contributed by atoms with Crippen molar-refractivity contribution in [3.05, 3.63) is 88.2 Å². The third-order valence-electron chi connectivity index (χ3n) is 5.15. The maximum atomic E-state index is 6.36. The van der Waals surface area contributed by atoms with Gasteiger partial charge in [0.05, 0.1) is 18.9 Å². The summed E-state index contributed by atoms with van der Waals surface area (Å²) in [6, 6.07) is 18.3. The lowest BCUT2D eigenvalue weighted by Crippen LogP contribution is -2.33. The zero-order valence-corrected chi connectivity index (χ0v) is 16.8. The van der Waals surface area contributed by atoms with Crippen LogP contribution in [0.2, 0.25) is 0 Å². The van der Waals surface area contributed by atoms with Crippen molar-refractivity contribution in [1.29, 1.82) is 0 Å². The lowest BCUT2D eigenvalue weighted by atomic mass is 9.96. The molecule has 0 bridgehead atoms. The molecule has 0 fully saturated rings. The first-order chi connectivity index (χ1) is 13.7. The summed E-state index contributed by atoms with van der Waals surface area (Å²) >= 11 is 3.59. The molecule has 1 aromatic heterocycles. The minimum absolute atomic E-state index is 0.112. The van der Waals surface area contributed by atoms with E-state index in [1.165, 1.54) is 0 Å². The molecule has 3 heterocycles. The Morgan fingerprint density at radius 3 is 2.79 bits per heavy atom. The summed E-state index contributed by atoms with van der Waals surface area (Å²) in [5, 5.41) is 7.04. The average molecular weight is 436 g/mol. The fourth-order valence-electron chi connectivity index (χ4n) is 3.78. The van der Waals surface area contributed by atoms with Crippen molar-refractivity contribution >= 4 is 21.6 Å². The number of rotatable bonds is 3. The fourth-order valence-corrected chi connectivity index (χ4v) is 4.16. The maximum absolute atomic E-state index is 6.36. The maximum Gasteiger partial charge on any atom is 0.213 e. The van der Waals surface area contributed by atoms with Gasteiger partial charge in [-0.2, -0.15) is 5.10 Å². The van der Waals surface area contributed by atoms with E-state index in [0.717, 1.165) is 44.8 Å². The second-order valence-corrected chi connectivity index (χ2v) is 7.73. The lowest BCUT2D eigenvalue weighted by molar-refractivity contribution is -0.0191. The molecule has 2 aliphatic rings. The van der Waals surface area contributed by atoms with E-state index >= 15 is 0 Å². The molecule has 0 radical (unpaired) electrons. The van der Waals surface area contributed by atoms with E-state index in [1.54, 1.807) is 19.5 Å². The number of halogens is 1. The van der Waals surface area contributed by atoms with E-state index in [9.17, 15) is 0 Å². The van der Waals surface area contributed by atoms with E-state index in [4.69, 9.17) is 14.6 Å². The molecular weight excluding hydrogens is 418 g/mol. The van der Waals surface area contributed by atoms with Crippen molar-refractivity contribution in [1.82, 2.24) is 9.99 Å². The van der Waals surface area contributed by atoms with Crippen molar-refractivity contribution < 1.29 is 9.47 Å². The number of methoxy groups -OCH3 is 1. The minimum Gasteiger partial charge on any atom is -0.497 e. The Morgan fingerprint density at radius 2 is 1.96 bits per heavy atom. The van der Waals surface area contributed by atoms with E-state index < -0.39 is 0 Å². The summed E-state index contributed by atoms with van der Waals surface area (Å²) in [7, 11) is 1.68. The van der Waals surface area contributed by atoms with Gasteiger partial charge >= 0.3 is 0 Å². The Labute approximate surface area is 171 Å². The van der Waals surface area contributed by atoms with E-state index in [2.05, 4.69) is 38.1 Å². The van der Waals surface area contributed by atoms with Gasteiger partial charge in [0.15, 0.2) is 0 Å². The zero-order valence-electron chi connectivity index (χ0n) is 15.2. The van der Waals surface area contributed by atoms with Gasteiger partial charge in [-0.3, -0.25) is 4.98 Å². The molecule has 0 saturated heterocycles. The SMILES string of the molecule is COc1cccc(C2=NN3[C@H](C2)c2cc(Br)ccc2O[C@H]3c2ccncc2)c1. The van der Waals surface area contributed by atoms with Crippen molar-refractivity contribution in [3.8, 4) is 11.5 Å². The third-order valence-corrected chi connectivity index (χ3v) is 5.64. The van der Waals surface area contributed by atoms with Crippen molar-refractivity contribution in [2.75, 3.05) is 7.11 Å². The highest BCUT2D eigenvalue weighted by Crippen LogP contribution is 2.48. The minimum atomic E-state index is -0.287. The predicted molar refractivity (Wildman–Crippen MR) is 110 cm³/mol. The number of hydrogen-bond acceptors (Lipinski definition) is 5. The van der Waals surface area contributed by atoms with Gasteiger partial charge in [0, 0.05) is 40.0 Å². The number of hydrazone groups is 1. The van der Waals surface area contributed by atoms with Crippen molar-refractivity contribution in [2.24, 2.45) is 5.10 Å². The third kappa shape index (κ3) is 2.94. The lowest BCUT2D eigenvalue weighted by Gasteiger charge is -2.38. The van der Waals surface area contributed by atoms with Crippen LogP contribution in [-0.2, 0) is 0 Å². The topological polar surface area (TPSA) is 47.0 Å². The van der Waals surface area contributed by atoms with Gasteiger partial charge in [0.25, 0.3) is 0 Å². The zero-order chi connectivity index (χ0) is 19.1. The van der Waals surface area contributed by atoms with Crippen LogP contribution in [0.1, 0.15) is 35.4 Å². The molecule has 0 amide bonds. The van der Waals surface area contributed by atoms with Crippen LogP contribution < -0.4 is 9.47 Å². The summed E-state index contributed by atoms with van der Waals surface area (Å²) in [5.41, 5.74) is 4.27. The monoisotopic (exact) mass is 435 g/mol. The first kappa shape index (κ1) is 17.3. The smallest absolute Gasteiger partial charge is 0.213 e. The van der Waals surface area contributed by atoms with Crippen LogP contribution in [0.3, 0.4) is 0 Å². The standard InChI is InChI=1S/C22H18BrN3O2/c1-27-17-4-2-3-15(11-17)19-13-20-18-12-16(23)5-6-21(18)28-22(26(20)25-19)14-7-9-24-10-8-14/h2-12,20,22H,13H2,1H3/t20-,22+/m1/s1. The van der Waals surface area contributed by atoms with Crippen LogP contribution in [0.4, 0.5) is 0 Å². The molecule has 3 aromatic rings. The summed E-state index contributed by atoms with van der Waals surface area (Å²) in [6.07, 6.45) is 4.09. The van der Waals surface area contributed by atoms with Gasteiger partial charge in [-0.1, -0.05) is 28.1 Å². The van der Waals surface area contributed by atoms with Crippen LogP contribution in [-0.4, -0.2) is 22.8 Å². The van der Waals surface area contributed by atoms with Crippen LogP contribution >= 0.6 is 15.9 Å². The Bertz CT molecular complexity index is 1050. The first-order valence-corrected chi connectivity index (χ1v) is 9.88. The van der Waals surface area contributed by atoms with Gasteiger partial charge in [0.1, 0.15) is 11.5 Å². The quantitative estimate of drug-likeness (QED) is 0.574. The molecule has 0 unspecified atom stereocenters. The predicted octanol–water partition coefficient (Wildman–Crippen LogP) is 5.10. The van der Waals surface area contributed by atoms with Gasteiger partial charge in [-0.25, -0.2) is 5.01 Å². The normalized spacial score (nSPS) is 20.1.